The molecule has 0 aliphatic carbocycles. The van der Waals surface area contributed by atoms with Gasteiger partial charge in [-0.1, -0.05) is 12.1 Å². The van der Waals surface area contributed by atoms with Crippen molar-refractivity contribution in [2.24, 2.45) is 0 Å². The molecule has 0 spiro atoms. The standard InChI is InChI=1S/C40H51N3O10/c1-25-19-29(20-26(2)36(25)51-24-49-9)37(45)41-32-22-43(39(47)53-40(3,4)5)18-10-11-34(32)52-38(46)28-14-12-27(13-15-28)35(44)31-21-30(42(6)7)16-17-33(31)50-23-48-8/h12-17,19-21,32,34H,10-11,18,22-24H2,1-9H3,(H,41,45)/t32-,34-/m1/s1. The lowest BCUT2D eigenvalue weighted by molar-refractivity contribution is 0.0127. The Balaban J connectivity index is 1.56. The van der Waals surface area contributed by atoms with Gasteiger partial charge in [0.25, 0.3) is 5.91 Å². The normalized spacial score (nSPS) is 15.9. The summed E-state index contributed by atoms with van der Waals surface area (Å²) in [5, 5.41) is 3.02. The van der Waals surface area contributed by atoms with Crippen molar-refractivity contribution in [3.8, 4) is 11.5 Å². The summed E-state index contributed by atoms with van der Waals surface area (Å²) >= 11 is 0. The van der Waals surface area contributed by atoms with Crippen LogP contribution in [0.2, 0.25) is 0 Å². The second kappa shape index (κ2) is 18.1. The third-order valence-electron chi connectivity index (χ3n) is 8.49. The molecule has 286 valence electrons. The molecule has 1 aliphatic heterocycles. The van der Waals surface area contributed by atoms with E-state index in [4.69, 9.17) is 28.4 Å². The molecule has 1 aliphatic rings. The van der Waals surface area contributed by atoms with Crippen molar-refractivity contribution >= 4 is 29.4 Å². The molecule has 3 aromatic carbocycles. The molecular weight excluding hydrogens is 682 g/mol. The van der Waals surface area contributed by atoms with Gasteiger partial charge < -0.3 is 43.5 Å². The highest BCUT2D eigenvalue weighted by Gasteiger charge is 2.35. The summed E-state index contributed by atoms with van der Waals surface area (Å²) in [6.07, 6.45) is -0.427. The molecule has 0 radical (unpaired) electrons. The Morgan fingerprint density at radius 1 is 0.849 bits per heavy atom. The molecule has 0 saturated carbocycles. The highest BCUT2D eigenvalue weighted by atomic mass is 16.7. The Morgan fingerprint density at radius 2 is 1.47 bits per heavy atom. The average Bonchev–Trinajstić information content (AvgIpc) is 3.31. The third kappa shape index (κ3) is 10.9. The van der Waals surface area contributed by atoms with Gasteiger partial charge in [0.15, 0.2) is 19.4 Å². The number of hydrogen-bond donors (Lipinski definition) is 1. The summed E-state index contributed by atoms with van der Waals surface area (Å²) in [5.41, 5.74) is 2.87. The number of ketones is 1. The van der Waals surface area contributed by atoms with E-state index in [0.717, 1.165) is 16.8 Å². The Hall–Kier alpha value is -5.14. The Labute approximate surface area is 311 Å². The van der Waals surface area contributed by atoms with Gasteiger partial charge in [0, 0.05) is 58.2 Å². The van der Waals surface area contributed by atoms with E-state index in [1.807, 2.05) is 38.9 Å². The number of nitrogens with one attached hydrogen (secondary N) is 1. The van der Waals surface area contributed by atoms with Crippen molar-refractivity contribution in [2.75, 3.05) is 59.9 Å². The highest BCUT2D eigenvalue weighted by Crippen LogP contribution is 2.28. The third-order valence-corrected chi connectivity index (χ3v) is 8.49. The minimum absolute atomic E-state index is 0.0279. The molecule has 0 bridgehead atoms. The van der Waals surface area contributed by atoms with E-state index in [1.54, 1.807) is 57.2 Å². The van der Waals surface area contributed by atoms with Crippen LogP contribution < -0.4 is 19.7 Å². The molecule has 2 atom stereocenters. The van der Waals surface area contributed by atoms with Crippen molar-refractivity contribution in [3.63, 3.8) is 0 Å². The smallest absolute Gasteiger partial charge is 0.410 e. The molecule has 13 nitrogen and oxygen atoms in total. The first-order chi connectivity index (χ1) is 25.1. The first-order valence-electron chi connectivity index (χ1n) is 17.4. The number of nitrogens with zero attached hydrogens (tertiary/aromatic N) is 2. The van der Waals surface area contributed by atoms with Crippen molar-refractivity contribution in [1.82, 2.24) is 10.2 Å². The van der Waals surface area contributed by atoms with Crippen LogP contribution >= 0.6 is 0 Å². The summed E-state index contributed by atoms with van der Waals surface area (Å²) < 4.78 is 33.1. The number of aryl methyl sites for hydroxylation is 2. The number of likely N-dealkylation sites (tertiary alicyclic amines) is 1. The molecule has 4 rings (SSSR count). The van der Waals surface area contributed by atoms with E-state index >= 15 is 0 Å². The molecule has 1 saturated heterocycles. The number of carbonyl (C=O) groups excluding carboxylic acids is 4. The molecule has 3 aromatic rings. The maximum absolute atomic E-state index is 13.7. The van der Waals surface area contributed by atoms with Gasteiger partial charge in [0.05, 0.1) is 17.2 Å². The fourth-order valence-electron chi connectivity index (χ4n) is 5.92. The molecule has 1 fully saturated rings. The zero-order valence-electron chi connectivity index (χ0n) is 32.1. The van der Waals surface area contributed by atoms with E-state index in [9.17, 15) is 19.2 Å². The minimum atomic E-state index is -0.777. The Morgan fingerprint density at radius 3 is 2.08 bits per heavy atom. The van der Waals surface area contributed by atoms with Gasteiger partial charge in [0.1, 0.15) is 23.2 Å². The fraction of sp³-hybridized carbons (Fsp3) is 0.450. The van der Waals surface area contributed by atoms with Crippen molar-refractivity contribution < 1.29 is 47.6 Å². The van der Waals surface area contributed by atoms with Crippen molar-refractivity contribution in [3.05, 3.63) is 88.0 Å². The fourth-order valence-corrected chi connectivity index (χ4v) is 5.92. The number of amides is 2. The predicted molar refractivity (Wildman–Crippen MR) is 199 cm³/mol. The van der Waals surface area contributed by atoms with Crippen LogP contribution in [0.4, 0.5) is 10.5 Å². The second-order valence-corrected chi connectivity index (χ2v) is 14.1. The largest absolute Gasteiger partial charge is 0.467 e. The Kier molecular flexibility index (Phi) is 13.8. The van der Waals surface area contributed by atoms with Gasteiger partial charge in [-0.3, -0.25) is 9.59 Å². The molecule has 13 heteroatoms. The predicted octanol–water partition coefficient (Wildman–Crippen LogP) is 5.92. The van der Waals surface area contributed by atoms with Crippen LogP contribution in [-0.2, 0) is 18.9 Å². The van der Waals surface area contributed by atoms with Crippen LogP contribution in [0.25, 0.3) is 0 Å². The molecule has 53 heavy (non-hydrogen) atoms. The number of esters is 1. The van der Waals surface area contributed by atoms with Gasteiger partial charge in [-0.25, -0.2) is 9.59 Å². The molecule has 0 aromatic heterocycles. The van der Waals surface area contributed by atoms with Gasteiger partial charge in [-0.05, 0) is 101 Å². The number of rotatable bonds is 13. The second-order valence-electron chi connectivity index (χ2n) is 14.1. The van der Waals surface area contributed by atoms with Crippen LogP contribution in [0, 0.1) is 13.8 Å². The first kappa shape index (κ1) is 40.6. The summed E-state index contributed by atoms with van der Waals surface area (Å²) in [5.74, 6) is -0.341. The van der Waals surface area contributed by atoms with Gasteiger partial charge >= 0.3 is 12.1 Å². The first-order valence-corrected chi connectivity index (χ1v) is 17.4. The number of anilines is 1. The van der Waals surface area contributed by atoms with Crippen LogP contribution in [0.5, 0.6) is 11.5 Å². The van der Waals surface area contributed by atoms with Crippen LogP contribution in [0.1, 0.15) is 81.4 Å². The maximum Gasteiger partial charge on any atom is 0.410 e. The van der Waals surface area contributed by atoms with Crippen LogP contribution in [0.3, 0.4) is 0 Å². The van der Waals surface area contributed by atoms with Gasteiger partial charge in [-0.2, -0.15) is 0 Å². The minimum Gasteiger partial charge on any atom is -0.467 e. The molecular formula is C40H51N3O10. The zero-order chi connectivity index (χ0) is 38.9. The van der Waals surface area contributed by atoms with Gasteiger partial charge in [-0.15, -0.1) is 0 Å². The lowest BCUT2D eigenvalue weighted by atomic mass is 10.00. The quantitative estimate of drug-likeness (QED) is 0.127. The highest BCUT2D eigenvalue weighted by molar-refractivity contribution is 6.11. The number of carbonyl (C=O) groups is 4. The number of benzene rings is 3. The molecule has 1 N–H and O–H groups in total. The number of methoxy groups -OCH3 is 2. The Bertz CT molecular complexity index is 1740. The van der Waals surface area contributed by atoms with E-state index in [1.165, 1.54) is 31.3 Å². The lowest BCUT2D eigenvalue weighted by Gasteiger charge is -2.30. The number of ether oxygens (including phenoxy) is 6. The summed E-state index contributed by atoms with van der Waals surface area (Å²) in [6.45, 7) is 9.46. The van der Waals surface area contributed by atoms with E-state index in [0.29, 0.717) is 47.6 Å². The number of hydrogen-bond acceptors (Lipinski definition) is 11. The molecule has 1 heterocycles. The van der Waals surface area contributed by atoms with Crippen molar-refractivity contribution in [2.45, 2.75) is 65.2 Å². The van der Waals surface area contributed by atoms with Crippen LogP contribution in [-0.4, -0.2) is 101 Å². The monoisotopic (exact) mass is 733 g/mol. The zero-order valence-corrected chi connectivity index (χ0v) is 32.1. The van der Waals surface area contributed by atoms with Gasteiger partial charge in [0.2, 0.25) is 0 Å². The topological polar surface area (TPSA) is 142 Å². The van der Waals surface area contributed by atoms with E-state index in [2.05, 4.69) is 5.32 Å². The maximum atomic E-state index is 13.7. The van der Waals surface area contributed by atoms with E-state index < -0.39 is 35.7 Å². The van der Waals surface area contributed by atoms with Crippen molar-refractivity contribution in [1.29, 1.82) is 0 Å². The molecule has 2 amide bonds. The summed E-state index contributed by atoms with van der Waals surface area (Å²) in [6, 6.07) is 14.1. The SMILES string of the molecule is COCOc1ccc(N(C)C)cc1C(=O)c1ccc(C(=O)O[C@@H]2CCCN(C(=O)OC(C)(C)C)C[C@H]2NC(=O)c2cc(C)c(OCOC)c(C)c2)cc1. The molecule has 0 unspecified atom stereocenters. The van der Waals surface area contributed by atoms with E-state index in [-0.39, 0.29) is 31.5 Å². The average molecular weight is 734 g/mol. The lowest BCUT2D eigenvalue weighted by Crippen LogP contribution is -2.51. The summed E-state index contributed by atoms with van der Waals surface area (Å²) in [4.78, 5) is 57.5. The van der Waals surface area contributed by atoms with Crippen LogP contribution in [0.15, 0.2) is 54.6 Å². The summed E-state index contributed by atoms with van der Waals surface area (Å²) in [7, 11) is 6.77.